The van der Waals surface area contributed by atoms with Crippen molar-refractivity contribution >= 4 is 28.6 Å². The van der Waals surface area contributed by atoms with Gasteiger partial charge < -0.3 is 5.32 Å². The first-order valence-corrected chi connectivity index (χ1v) is 7.29. The van der Waals surface area contributed by atoms with Gasteiger partial charge in [0.05, 0.1) is 5.52 Å². The lowest BCUT2D eigenvalue weighted by atomic mass is 10.2. The number of alkyl halides is 3. The van der Waals surface area contributed by atoms with E-state index < -0.39 is 17.8 Å². The van der Waals surface area contributed by atoms with Crippen LogP contribution in [0, 0.1) is 0 Å². The molecule has 0 radical (unpaired) electrons. The molecular weight excluding hydrogens is 331 g/mol. The quantitative estimate of drug-likeness (QED) is 0.722. The fourth-order valence-corrected chi connectivity index (χ4v) is 2.17. The number of nitrogens with zero attached hydrogens (tertiary/aromatic N) is 2. The molecule has 2 aromatic heterocycles. The molecule has 1 amide bonds. The third-order valence-electron chi connectivity index (χ3n) is 3.38. The van der Waals surface area contributed by atoms with E-state index in [1.54, 1.807) is 18.3 Å². The largest absolute Gasteiger partial charge is 0.433 e. The van der Waals surface area contributed by atoms with Crippen LogP contribution in [0.4, 0.5) is 18.9 Å². The fraction of sp³-hybridized carbons (Fsp3) is 0.0556. The second-order valence-corrected chi connectivity index (χ2v) is 5.21. The fourth-order valence-electron chi connectivity index (χ4n) is 2.17. The van der Waals surface area contributed by atoms with Crippen LogP contribution in [0.1, 0.15) is 11.3 Å². The molecule has 0 unspecified atom stereocenters. The normalized spacial score (nSPS) is 11.8. The highest BCUT2D eigenvalue weighted by Crippen LogP contribution is 2.27. The predicted molar refractivity (Wildman–Crippen MR) is 88.6 cm³/mol. The molecule has 0 atom stereocenters. The van der Waals surface area contributed by atoms with Gasteiger partial charge in [-0.25, -0.2) is 0 Å². The van der Waals surface area contributed by atoms with Gasteiger partial charge >= 0.3 is 6.18 Å². The number of fused-ring (bicyclic) bond motifs is 1. The van der Waals surface area contributed by atoms with Crippen molar-refractivity contribution in [3.05, 3.63) is 72.2 Å². The Bertz CT molecular complexity index is 934. The minimum absolute atomic E-state index is 0.392. The number of halogens is 3. The number of anilines is 1. The lowest BCUT2D eigenvalue weighted by molar-refractivity contribution is -0.141. The zero-order valence-corrected chi connectivity index (χ0v) is 12.8. The van der Waals surface area contributed by atoms with Crippen LogP contribution in [0.2, 0.25) is 0 Å². The predicted octanol–water partition coefficient (Wildman–Crippen LogP) is 4.30. The Morgan fingerprint density at radius 3 is 2.64 bits per heavy atom. The molecule has 7 heteroatoms. The number of rotatable bonds is 3. The summed E-state index contributed by atoms with van der Waals surface area (Å²) in [5.41, 5.74) is 0.740. The first-order chi connectivity index (χ1) is 11.9. The summed E-state index contributed by atoms with van der Waals surface area (Å²) in [7, 11) is 0. The molecule has 126 valence electrons. The second kappa shape index (κ2) is 6.72. The molecule has 4 nitrogen and oxygen atoms in total. The average Bonchev–Trinajstić information content (AvgIpc) is 2.59. The van der Waals surface area contributed by atoms with Crippen LogP contribution in [-0.4, -0.2) is 15.9 Å². The van der Waals surface area contributed by atoms with Gasteiger partial charge in [-0.05, 0) is 35.9 Å². The third-order valence-corrected chi connectivity index (χ3v) is 3.38. The maximum Gasteiger partial charge on any atom is 0.433 e. The van der Waals surface area contributed by atoms with Crippen molar-refractivity contribution in [2.24, 2.45) is 0 Å². The number of hydrogen-bond acceptors (Lipinski definition) is 3. The van der Waals surface area contributed by atoms with Crippen molar-refractivity contribution < 1.29 is 18.0 Å². The van der Waals surface area contributed by atoms with E-state index in [4.69, 9.17) is 0 Å². The van der Waals surface area contributed by atoms with Gasteiger partial charge in [-0.3, -0.25) is 14.8 Å². The molecule has 25 heavy (non-hydrogen) atoms. The van der Waals surface area contributed by atoms with E-state index in [0.717, 1.165) is 23.2 Å². The van der Waals surface area contributed by atoms with Crippen molar-refractivity contribution in [1.82, 2.24) is 9.97 Å². The monoisotopic (exact) mass is 343 g/mol. The molecule has 0 aliphatic heterocycles. The third kappa shape index (κ3) is 4.20. The van der Waals surface area contributed by atoms with E-state index in [1.165, 1.54) is 18.2 Å². The molecule has 1 N–H and O–H groups in total. The molecular formula is C18H12F3N3O. The van der Waals surface area contributed by atoms with Crippen LogP contribution in [0.5, 0.6) is 0 Å². The van der Waals surface area contributed by atoms with Gasteiger partial charge in [0.1, 0.15) is 5.69 Å². The van der Waals surface area contributed by atoms with Gasteiger partial charge in [0.25, 0.3) is 0 Å². The molecule has 0 spiro atoms. The van der Waals surface area contributed by atoms with Crippen LogP contribution < -0.4 is 5.32 Å². The zero-order valence-electron chi connectivity index (χ0n) is 12.8. The maximum absolute atomic E-state index is 12.4. The number of carbonyl (C=O) groups excluding carboxylic acids is 1. The summed E-state index contributed by atoms with van der Waals surface area (Å²) >= 11 is 0. The Morgan fingerprint density at radius 1 is 1.08 bits per heavy atom. The number of carbonyl (C=O) groups is 1. The van der Waals surface area contributed by atoms with E-state index in [9.17, 15) is 18.0 Å². The average molecular weight is 343 g/mol. The van der Waals surface area contributed by atoms with E-state index >= 15 is 0 Å². The number of aromatic nitrogens is 2. The van der Waals surface area contributed by atoms with Crippen LogP contribution in [0.25, 0.3) is 17.0 Å². The molecule has 1 aromatic carbocycles. The molecule has 0 aliphatic carbocycles. The lowest BCUT2D eigenvalue weighted by Crippen LogP contribution is -2.08. The van der Waals surface area contributed by atoms with Gasteiger partial charge in [0, 0.05) is 29.5 Å². The smallest absolute Gasteiger partial charge is 0.322 e. The maximum atomic E-state index is 12.4. The van der Waals surface area contributed by atoms with Crippen molar-refractivity contribution in [1.29, 1.82) is 0 Å². The summed E-state index contributed by atoms with van der Waals surface area (Å²) in [5.74, 6) is -0.407. The number of nitrogens with one attached hydrogen (secondary N) is 1. The molecule has 3 rings (SSSR count). The highest BCUT2D eigenvalue weighted by Gasteiger charge is 2.31. The number of amides is 1. The highest BCUT2D eigenvalue weighted by molar-refractivity contribution is 6.02. The Labute approximate surface area is 141 Å². The number of hydrogen-bond donors (Lipinski definition) is 1. The molecule has 0 saturated carbocycles. The van der Waals surface area contributed by atoms with Crippen LogP contribution in [0.15, 0.2) is 60.9 Å². The van der Waals surface area contributed by atoms with Crippen molar-refractivity contribution in [3.8, 4) is 0 Å². The zero-order chi connectivity index (χ0) is 17.9. The first kappa shape index (κ1) is 16.6. The van der Waals surface area contributed by atoms with E-state index in [-0.39, 0.29) is 0 Å². The molecule has 0 bridgehead atoms. The van der Waals surface area contributed by atoms with Crippen LogP contribution in [0.3, 0.4) is 0 Å². The Kier molecular flexibility index (Phi) is 4.47. The van der Waals surface area contributed by atoms with Crippen molar-refractivity contribution in [3.63, 3.8) is 0 Å². The van der Waals surface area contributed by atoms with E-state index in [2.05, 4.69) is 15.3 Å². The Morgan fingerprint density at radius 2 is 1.92 bits per heavy atom. The summed E-state index contributed by atoms with van der Waals surface area (Å²) in [6, 6.07) is 11.2. The highest BCUT2D eigenvalue weighted by atomic mass is 19.4. The van der Waals surface area contributed by atoms with E-state index in [1.807, 2.05) is 18.2 Å². The molecule has 0 fully saturated rings. The first-order valence-electron chi connectivity index (χ1n) is 7.29. The lowest BCUT2D eigenvalue weighted by Gasteiger charge is -2.05. The van der Waals surface area contributed by atoms with Gasteiger partial charge in [-0.1, -0.05) is 18.2 Å². The minimum atomic E-state index is -4.48. The molecule has 0 aliphatic rings. The van der Waals surface area contributed by atoms with Crippen molar-refractivity contribution in [2.45, 2.75) is 6.18 Å². The molecule has 2 heterocycles. The van der Waals surface area contributed by atoms with Gasteiger partial charge in [-0.15, -0.1) is 0 Å². The summed E-state index contributed by atoms with van der Waals surface area (Å²) in [6.07, 6.45) is 0.858. The van der Waals surface area contributed by atoms with Crippen LogP contribution >= 0.6 is 0 Å². The molecule has 0 saturated heterocycles. The summed E-state index contributed by atoms with van der Waals surface area (Å²) in [5, 5.41) is 3.62. The summed E-state index contributed by atoms with van der Waals surface area (Å²) < 4.78 is 37.3. The summed E-state index contributed by atoms with van der Waals surface area (Å²) in [4.78, 5) is 19.5. The van der Waals surface area contributed by atoms with Gasteiger partial charge in [-0.2, -0.15) is 13.2 Å². The number of pyridine rings is 2. The Hall–Kier alpha value is -3.22. The van der Waals surface area contributed by atoms with Crippen molar-refractivity contribution in [2.75, 3.05) is 5.32 Å². The standard InChI is InChI=1S/C18H12F3N3O/c19-18(20,21)16-7-3-12(11-23-16)4-8-17(25)24-14-6-5-13-2-1-9-22-15(13)10-14/h1-11H,(H,24,25)/b8-4+. The minimum Gasteiger partial charge on any atom is -0.322 e. The van der Waals surface area contributed by atoms with Gasteiger partial charge in [0.2, 0.25) is 5.91 Å². The van der Waals surface area contributed by atoms with Gasteiger partial charge in [0.15, 0.2) is 0 Å². The topological polar surface area (TPSA) is 54.9 Å². The molecule has 3 aromatic rings. The SMILES string of the molecule is O=C(/C=C/c1ccc(C(F)(F)F)nc1)Nc1ccc2cccnc2c1. The summed E-state index contributed by atoms with van der Waals surface area (Å²) in [6.45, 7) is 0. The second-order valence-electron chi connectivity index (χ2n) is 5.21. The van der Waals surface area contributed by atoms with Crippen LogP contribution in [-0.2, 0) is 11.0 Å². The Balaban J connectivity index is 1.67. The van der Waals surface area contributed by atoms with E-state index in [0.29, 0.717) is 11.3 Å². The number of benzene rings is 1.